The van der Waals surface area contributed by atoms with Gasteiger partial charge in [0, 0.05) is 97.4 Å². The minimum atomic E-state index is -4.48. The van der Waals surface area contributed by atoms with Crippen molar-refractivity contribution in [3.8, 4) is 74.6 Å². The van der Waals surface area contributed by atoms with Crippen LogP contribution in [0.2, 0.25) is 10.0 Å². The number of hydrogen-bond acceptors (Lipinski definition) is 15. The van der Waals surface area contributed by atoms with Gasteiger partial charge in [-0.1, -0.05) is 41.4 Å². The third-order valence-corrected chi connectivity index (χ3v) is 16.7. The molecule has 2 amide bonds. The van der Waals surface area contributed by atoms with E-state index >= 15 is 0 Å². The number of anilines is 1. The molecular weight excluding hydrogens is 1500 g/mol. The second-order valence-corrected chi connectivity index (χ2v) is 26.6. The zero-order chi connectivity index (χ0) is 80.6. The van der Waals surface area contributed by atoms with Crippen molar-refractivity contribution in [1.82, 2.24) is 59.1 Å². The zero-order valence-corrected chi connectivity index (χ0v) is 61.9. The predicted molar refractivity (Wildman–Crippen MR) is 384 cm³/mol. The van der Waals surface area contributed by atoms with Gasteiger partial charge in [0.1, 0.15) is 23.2 Å². The molecular formula is C76H66Cl2F11N15O6. The van der Waals surface area contributed by atoms with E-state index in [4.69, 9.17) is 53.1 Å². The van der Waals surface area contributed by atoms with Gasteiger partial charge in [-0.3, -0.25) is 9.59 Å². The number of nitrogens with zero attached hydrogens (tertiary/aromatic N) is 13. The first-order valence-corrected chi connectivity index (χ1v) is 33.4. The number of nitrogens with two attached hydrogens (primary N) is 1. The summed E-state index contributed by atoms with van der Waals surface area (Å²) in [4.78, 5) is 22.3. The molecule has 1 atom stereocenters. The Morgan fingerprint density at radius 2 is 0.945 bits per heavy atom. The van der Waals surface area contributed by atoms with Crippen LogP contribution in [0.25, 0.3) is 45.6 Å². The van der Waals surface area contributed by atoms with Gasteiger partial charge in [0.15, 0.2) is 116 Å². The maximum absolute atomic E-state index is 14.4. The number of alkyl halides is 3. The van der Waals surface area contributed by atoms with E-state index in [0.29, 0.717) is 86.8 Å². The first-order valence-electron chi connectivity index (χ1n) is 32.7. The zero-order valence-electron chi connectivity index (χ0n) is 60.3. The van der Waals surface area contributed by atoms with Gasteiger partial charge in [-0.05, 0) is 164 Å². The Kier molecular flexibility index (Phi) is 24.9. The summed E-state index contributed by atoms with van der Waals surface area (Å²) >= 11 is 11.6. The molecule has 12 rings (SSSR count). The summed E-state index contributed by atoms with van der Waals surface area (Å²) in [6.07, 6.45) is -4.99. The summed E-state index contributed by atoms with van der Waals surface area (Å²) in [7, 11) is 6.62. The fourth-order valence-corrected chi connectivity index (χ4v) is 11.4. The molecule has 3 N–H and O–H groups in total. The van der Waals surface area contributed by atoms with Crippen LogP contribution in [0.5, 0.6) is 23.0 Å². The summed E-state index contributed by atoms with van der Waals surface area (Å²) in [5.41, 5.74) is 3.52. The minimum absolute atomic E-state index is 0.00376. The Morgan fingerprint density at radius 1 is 0.500 bits per heavy atom. The van der Waals surface area contributed by atoms with Crippen LogP contribution in [0.1, 0.15) is 106 Å². The number of halogens is 13. The van der Waals surface area contributed by atoms with Gasteiger partial charge in [0.25, 0.3) is 0 Å². The van der Waals surface area contributed by atoms with Gasteiger partial charge < -0.3 is 48.3 Å². The Labute approximate surface area is 631 Å². The highest BCUT2D eigenvalue weighted by Crippen LogP contribution is 2.40. The van der Waals surface area contributed by atoms with Crippen LogP contribution in [-0.4, -0.2) is 70.9 Å². The molecule has 110 heavy (non-hydrogen) atoms. The largest absolute Gasteiger partial charge is 0.483 e. The fourth-order valence-electron chi connectivity index (χ4n) is 11.1. The number of hydrogen-bond donors (Lipinski definition) is 2. The van der Waals surface area contributed by atoms with E-state index in [9.17, 15) is 57.9 Å². The normalized spacial score (nSPS) is 11.7. The van der Waals surface area contributed by atoms with E-state index in [0.717, 1.165) is 23.8 Å². The molecule has 572 valence electrons. The van der Waals surface area contributed by atoms with Gasteiger partial charge in [-0.2, -0.15) is 18.4 Å². The van der Waals surface area contributed by atoms with Crippen LogP contribution < -0.4 is 30.0 Å². The highest BCUT2D eigenvalue weighted by molar-refractivity contribution is 6.30. The van der Waals surface area contributed by atoms with Crippen molar-refractivity contribution in [2.75, 3.05) is 5.32 Å². The van der Waals surface area contributed by atoms with Gasteiger partial charge in [0.2, 0.25) is 11.8 Å². The molecule has 0 spiro atoms. The first-order chi connectivity index (χ1) is 51.7. The van der Waals surface area contributed by atoms with Crippen LogP contribution >= 0.6 is 23.2 Å². The second kappa shape index (κ2) is 33.5. The first kappa shape index (κ1) is 81.8. The highest BCUT2D eigenvalue weighted by atomic mass is 35.5. The minimum Gasteiger partial charge on any atom is -0.483 e. The standard InChI is InChI=1S/C20H19F3N4O2.C19H17ClF2N4O2.C19H15F3N4O.C18H15ClF3N3O/c1-11(28)24-14-7-5-12(6-8-14)18-25-26-19(27(18)4)20(2,3)29-17-15(22)9-13(21)10-16(17)23;1-19(2,28-15-7-5-11(20)9-14(15)22)18-25-24-17(26(18)3)12-6-4-10(16(23)27)8-13(12)21;1-19(2,27-16-14(21)8-13(20)9-15(16)22)18-25-24-17(26(18)3)12-6-4-11(10-23)5-7-12;1-11(26-13-9-7-12(19)8-10-13)16-23-24-17(25(16)2)14-5-3-4-6-15(14)18(20,21)22/h5-10H,1-4H3,(H,24,28);4-9H,1-3H3,(H2,23,27);4-9H,1-3H3;3-11H,1-2H3/t;;;11-/m...0/s1. The van der Waals surface area contributed by atoms with Gasteiger partial charge in [-0.15, -0.1) is 40.8 Å². The van der Waals surface area contributed by atoms with E-state index < -0.39 is 98.6 Å². The predicted octanol–water partition coefficient (Wildman–Crippen LogP) is 17.4. The molecule has 0 aliphatic heterocycles. The van der Waals surface area contributed by atoms with Crippen LogP contribution in [0.15, 0.2) is 158 Å². The molecule has 0 unspecified atom stereocenters. The summed E-state index contributed by atoms with van der Waals surface area (Å²) in [6, 6.07) is 37.9. The molecule has 0 saturated heterocycles. The lowest BCUT2D eigenvalue weighted by Gasteiger charge is -2.26. The maximum Gasteiger partial charge on any atom is 0.417 e. The molecule has 4 aromatic heterocycles. The third-order valence-electron chi connectivity index (χ3n) is 16.2. The summed E-state index contributed by atoms with van der Waals surface area (Å²) in [6.45, 7) is 12.8. The number of amides is 2. The second-order valence-electron chi connectivity index (χ2n) is 25.7. The number of carbonyl (C=O) groups is 2. The summed E-state index contributed by atoms with van der Waals surface area (Å²) in [5, 5.41) is 44.9. The lowest BCUT2D eigenvalue weighted by Crippen LogP contribution is -2.30. The molecule has 0 saturated carbocycles. The van der Waals surface area contributed by atoms with E-state index in [-0.39, 0.29) is 45.0 Å². The summed E-state index contributed by atoms with van der Waals surface area (Å²) < 4.78 is 179. The molecule has 0 bridgehead atoms. The Balaban J connectivity index is 0.000000169. The fraction of sp³-hybridized carbons (Fsp3) is 0.224. The average Bonchev–Trinajstić information content (AvgIpc) is 1.61. The number of aromatic nitrogens is 12. The molecule has 0 radical (unpaired) electrons. The van der Waals surface area contributed by atoms with Crippen molar-refractivity contribution in [3.63, 3.8) is 0 Å². The van der Waals surface area contributed by atoms with Crippen molar-refractivity contribution < 1.29 is 76.8 Å². The van der Waals surface area contributed by atoms with Crippen molar-refractivity contribution in [2.45, 2.75) is 84.5 Å². The van der Waals surface area contributed by atoms with Crippen LogP contribution in [0, 0.1) is 57.9 Å². The van der Waals surface area contributed by atoms with Crippen LogP contribution in [0.3, 0.4) is 0 Å². The Hall–Kier alpha value is -12.2. The smallest absolute Gasteiger partial charge is 0.417 e. The van der Waals surface area contributed by atoms with E-state index in [2.05, 4.69) is 46.1 Å². The third kappa shape index (κ3) is 19.2. The maximum atomic E-state index is 14.4. The monoisotopic (exact) mass is 1560 g/mol. The molecule has 0 aliphatic rings. The van der Waals surface area contributed by atoms with E-state index in [1.807, 2.05) is 6.07 Å². The van der Waals surface area contributed by atoms with Crippen molar-refractivity contribution in [3.05, 3.63) is 254 Å². The van der Waals surface area contributed by atoms with E-state index in [1.54, 1.807) is 159 Å². The number of rotatable bonds is 18. The topological polar surface area (TPSA) is 256 Å². The van der Waals surface area contributed by atoms with Crippen LogP contribution in [-0.2, 0) is 56.0 Å². The van der Waals surface area contributed by atoms with Crippen molar-refractivity contribution in [2.24, 2.45) is 33.9 Å². The molecule has 12 aromatic rings. The lowest BCUT2D eigenvalue weighted by molar-refractivity contribution is -0.137. The molecule has 34 heteroatoms. The van der Waals surface area contributed by atoms with Crippen LogP contribution in [0.4, 0.5) is 54.0 Å². The highest BCUT2D eigenvalue weighted by Gasteiger charge is 2.38. The van der Waals surface area contributed by atoms with Gasteiger partial charge in [-0.25, -0.2) is 35.1 Å². The Morgan fingerprint density at radius 3 is 1.41 bits per heavy atom. The average molecular weight is 1570 g/mol. The molecule has 4 heterocycles. The molecule has 8 aromatic carbocycles. The molecule has 0 aliphatic carbocycles. The van der Waals surface area contributed by atoms with E-state index in [1.165, 1.54) is 58.5 Å². The van der Waals surface area contributed by atoms with Crippen molar-refractivity contribution >= 4 is 40.7 Å². The number of ether oxygens (including phenoxy) is 4. The SMILES string of the molecule is CC(=O)Nc1ccc(-c2nnc(C(C)(C)Oc3c(F)cc(F)cc3F)n2C)cc1.C[C@H](Oc1ccc(Cl)cc1)c1nnc(-c2ccccc2C(F)(F)F)n1C.Cn1c(-c2ccc(C#N)cc2)nnc1C(C)(C)Oc1c(F)cc(F)cc1F.Cn1c(-c2ccc(C(N)=O)cc2F)nnc1C(C)(C)Oc1ccc(Cl)cc1F. The lowest BCUT2D eigenvalue weighted by atomic mass is 10.1. The number of nitriles is 1. The van der Waals surface area contributed by atoms with Crippen molar-refractivity contribution in [1.29, 1.82) is 5.26 Å². The number of carbonyl (C=O) groups excluding carboxylic acids is 2. The summed E-state index contributed by atoms with van der Waals surface area (Å²) in [5.74, 6) is -6.96. The number of primary amides is 1. The number of benzene rings is 8. The van der Waals surface area contributed by atoms with Gasteiger partial charge >= 0.3 is 6.18 Å². The molecule has 0 fully saturated rings. The number of nitrogens with one attached hydrogen (secondary N) is 1. The Bertz CT molecular complexity index is 5350. The quantitative estimate of drug-likeness (QED) is 0.0757. The molecule has 21 nitrogen and oxygen atoms in total. The van der Waals surface area contributed by atoms with Gasteiger partial charge in [0.05, 0.1) is 22.8 Å².